The van der Waals surface area contributed by atoms with Crippen LogP contribution < -0.4 is 0 Å². The van der Waals surface area contributed by atoms with Gasteiger partial charge in [-0.3, -0.25) is 4.79 Å². The molecule has 0 aliphatic carbocycles. The Bertz CT molecular complexity index is 581. The normalized spacial score (nSPS) is 20.8. The standard InChI is InChI=1S/C14H19NO3S2/c1-11-3-5-13(6-4-11)19-9-14(16)15(2)12-7-8-20(17,18)10-12/h3-6,12H,7-10H2,1-2H3/t12-/m1/s1. The fraction of sp³-hybridized carbons (Fsp3) is 0.500. The Balaban J connectivity index is 1.87. The summed E-state index contributed by atoms with van der Waals surface area (Å²) in [7, 11) is -1.25. The first kappa shape index (κ1) is 15.4. The van der Waals surface area contributed by atoms with E-state index < -0.39 is 9.84 Å². The maximum atomic E-state index is 12.1. The Labute approximate surface area is 124 Å². The van der Waals surface area contributed by atoms with Crippen molar-refractivity contribution in [2.45, 2.75) is 24.3 Å². The number of rotatable bonds is 4. The molecule has 0 N–H and O–H groups in total. The number of carbonyl (C=O) groups excluding carboxylic acids is 1. The van der Waals surface area contributed by atoms with Gasteiger partial charge in [0.15, 0.2) is 9.84 Å². The van der Waals surface area contributed by atoms with Crippen LogP contribution >= 0.6 is 11.8 Å². The third kappa shape index (κ3) is 3.99. The number of hydrogen-bond donors (Lipinski definition) is 0. The zero-order chi connectivity index (χ0) is 14.8. The molecular formula is C14H19NO3S2. The summed E-state index contributed by atoms with van der Waals surface area (Å²) in [6.07, 6.45) is 0.555. The zero-order valence-electron chi connectivity index (χ0n) is 11.7. The highest BCUT2D eigenvalue weighted by atomic mass is 32.2. The predicted octanol–water partition coefficient (Wildman–Crippen LogP) is 1.73. The van der Waals surface area contributed by atoms with E-state index in [1.807, 2.05) is 31.2 Å². The summed E-state index contributed by atoms with van der Waals surface area (Å²) in [6, 6.07) is 7.85. The minimum atomic E-state index is -2.95. The molecule has 1 aromatic rings. The van der Waals surface area contributed by atoms with Gasteiger partial charge in [0.05, 0.1) is 17.3 Å². The van der Waals surface area contributed by atoms with Crippen molar-refractivity contribution in [3.8, 4) is 0 Å². The van der Waals surface area contributed by atoms with Crippen molar-refractivity contribution >= 4 is 27.5 Å². The number of hydrogen-bond acceptors (Lipinski definition) is 4. The van der Waals surface area contributed by atoms with Gasteiger partial charge in [0.25, 0.3) is 0 Å². The van der Waals surface area contributed by atoms with Crippen LogP contribution in [0.3, 0.4) is 0 Å². The molecule has 1 saturated heterocycles. The first-order chi connectivity index (χ1) is 9.37. The summed E-state index contributed by atoms with van der Waals surface area (Å²) < 4.78 is 22.9. The van der Waals surface area contributed by atoms with Crippen LogP contribution in [-0.4, -0.2) is 49.6 Å². The van der Waals surface area contributed by atoms with Crippen molar-refractivity contribution in [2.75, 3.05) is 24.3 Å². The molecular weight excluding hydrogens is 294 g/mol. The molecule has 1 aromatic carbocycles. The van der Waals surface area contributed by atoms with Crippen molar-refractivity contribution in [3.05, 3.63) is 29.8 Å². The Morgan fingerprint density at radius 3 is 2.55 bits per heavy atom. The fourth-order valence-corrected chi connectivity index (χ4v) is 4.76. The third-order valence-corrected chi connectivity index (χ3v) is 6.28. The second kappa shape index (κ2) is 6.18. The van der Waals surface area contributed by atoms with E-state index in [9.17, 15) is 13.2 Å². The van der Waals surface area contributed by atoms with Gasteiger partial charge in [0.2, 0.25) is 5.91 Å². The van der Waals surface area contributed by atoms with Crippen molar-refractivity contribution in [1.29, 1.82) is 0 Å². The third-order valence-electron chi connectivity index (χ3n) is 3.53. The van der Waals surface area contributed by atoms with Crippen LogP contribution in [0.2, 0.25) is 0 Å². The molecule has 110 valence electrons. The lowest BCUT2D eigenvalue weighted by Gasteiger charge is -2.23. The number of amides is 1. The molecule has 0 bridgehead atoms. The molecule has 20 heavy (non-hydrogen) atoms. The van der Waals surface area contributed by atoms with Gasteiger partial charge in [-0.2, -0.15) is 0 Å². The van der Waals surface area contributed by atoms with E-state index in [1.54, 1.807) is 11.9 Å². The molecule has 0 spiro atoms. The molecule has 6 heteroatoms. The number of thioether (sulfide) groups is 1. The number of benzene rings is 1. The summed E-state index contributed by atoms with van der Waals surface area (Å²) >= 11 is 1.48. The fourth-order valence-electron chi connectivity index (χ4n) is 2.17. The van der Waals surface area contributed by atoms with E-state index in [0.29, 0.717) is 12.2 Å². The molecule has 1 aliphatic heterocycles. The van der Waals surface area contributed by atoms with Crippen LogP contribution in [0, 0.1) is 6.92 Å². The minimum Gasteiger partial charge on any atom is -0.341 e. The minimum absolute atomic E-state index is 0.0160. The summed E-state index contributed by atoms with van der Waals surface area (Å²) in [4.78, 5) is 14.7. The van der Waals surface area contributed by atoms with E-state index >= 15 is 0 Å². The van der Waals surface area contributed by atoms with Gasteiger partial charge in [-0.25, -0.2) is 8.42 Å². The van der Waals surface area contributed by atoms with E-state index in [2.05, 4.69) is 0 Å². The molecule has 1 fully saturated rings. The van der Waals surface area contributed by atoms with Crippen LogP contribution in [0.15, 0.2) is 29.2 Å². The lowest BCUT2D eigenvalue weighted by Crippen LogP contribution is -2.38. The van der Waals surface area contributed by atoms with Crippen molar-refractivity contribution < 1.29 is 13.2 Å². The van der Waals surface area contributed by atoms with Gasteiger partial charge < -0.3 is 4.90 Å². The summed E-state index contributed by atoms with van der Waals surface area (Å²) in [5.74, 6) is 0.624. The highest BCUT2D eigenvalue weighted by molar-refractivity contribution is 8.00. The first-order valence-corrected chi connectivity index (χ1v) is 9.34. The largest absolute Gasteiger partial charge is 0.341 e. The number of sulfone groups is 1. The van der Waals surface area contributed by atoms with Crippen LogP contribution in [-0.2, 0) is 14.6 Å². The lowest BCUT2D eigenvalue weighted by molar-refractivity contribution is -0.128. The number of nitrogens with zero attached hydrogens (tertiary/aromatic N) is 1. The van der Waals surface area contributed by atoms with Gasteiger partial charge in [0.1, 0.15) is 0 Å². The molecule has 0 aromatic heterocycles. The molecule has 1 amide bonds. The molecule has 0 saturated carbocycles. The van der Waals surface area contributed by atoms with E-state index in [1.165, 1.54) is 17.3 Å². The molecule has 0 unspecified atom stereocenters. The molecule has 2 rings (SSSR count). The van der Waals surface area contributed by atoms with Gasteiger partial charge in [-0.05, 0) is 25.5 Å². The zero-order valence-corrected chi connectivity index (χ0v) is 13.3. The highest BCUT2D eigenvalue weighted by Gasteiger charge is 2.32. The topological polar surface area (TPSA) is 54.5 Å². The van der Waals surface area contributed by atoms with E-state index in [-0.39, 0.29) is 23.5 Å². The average Bonchev–Trinajstić information content (AvgIpc) is 2.77. The Morgan fingerprint density at radius 1 is 1.35 bits per heavy atom. The smallest absolute Gasteiger partial charge is 0.232 e. The van der Waals surface area contributed by atoms with Gasteiger partial charge >= 0.3 is 0 Å². The molecule has 1 aliphatic rings. The second-order valence-electron chi connectivity index (χ2n) is 5.16. The highest BCUT2D eigenvalue weighted by Crippen LogP contribution is 2.21. The summed E-state index contributed by atoms with van der Waals surface area (Å²) in [5, 5.41) is 0. The molecule has 1 atom stereocenters. The van der Waals surface area contributed by atoms with Crippen molar-refractivity contribution in [1.82, 2.24) is 4.90 Å². The lowest BCUT2D eigenvalue weighted by atomic mass is 10.2. The maximum absolute atomic E-state index is 12.1. The maximum Gasteiger partial charge on any atom is 0.232 e. The monoisotopic (exact) mass is 313 g/mol. The number of aryl methyl sites for hydroxylation is 1. The Morgan fingerprint density at radius 2 is 2.00 bits per heavy atom. The quantitative estimate of drug-likeness (QED) is 0.795. The van der Waals surface area contributed by atoms with Crippen molar-refractivity contribution in [3.63, 3.8) is 0 Å². The van der Waals surface area contributed by atoms with Crippen LogP contribution in [0.25, 0.3) is 0 Å². The van der Waals surface area contributed by atoms with Crippen molar-refractivity contribution in [2.24, 2.45) is 0 Å². The molecule has 0 radical (unpaired) electrons. The van der Waals surface area contributed by atoms with Crippen LogP contribution in [0.5, 0.6) is 0 Å². The van der Waals surface area contributed by atoms with Gasteiger partial charge in [-0.15, -0.1) is 11.8 Å². The van der Waals surface area contributed by atoms with E-state index in [4.69, 9.17) is 0 Å². The van der Waals surface area contributed by atoms with Crippen LogP contribution in [0.1, 0.15) is 12.0 Å². The Hall–Kier alpha value is -1.01. The van der Waals surface area contributed by atoms with Gasteiger partial charge in [0, 0.05) is 18.0 Å². The molecule has 1 heterocycles. The van der Waals surface area contributed by atoms with Gasteiger partial charge in [-0.1, -0.05) is 17.7 Å². The first-order valence-electron chi connectivity index (χ1n) is 6.53. The van der Waals surface area contributed by atoms with E-state index in [0.717, 1.165) is 4.90 Å². The summed E-state index contributed by atoms with van der Waals surface area (Å²) in [6.45, 7) is 2.02. The summed E-state index contributed by atoms with van der Waals surface area (Å²) in [5.41, 5.74) is 1.19. The second-order valence-corrected chi connectivity index (χ2v) is 8.44. The SMILES string of the molecule is Cc1ccc(SCC(=O)N(C)[C@@H]2CCS(=O)(=O)C2)cc1. The molecule has 4 nitrogen and oxygen atoms in total. The van der Waals surface area contributed by atoms with Crippen LogP contribution in [0.4, 0.5) is 0 Å². The average molecular weight is 313 g/mol. The predicted molar refractivity (Wildman–Crippen MR) is 81.7 cm³/mol. The Kier molecular flexibility index (Phi) is 4.75. The number of carbonyl (C=O) groups is 1.